The van der Waals surface area contributed by atoms with Crippen LogP contribution in [0.5, 0.6) is 0 Å². The van der Waals surface area contributed by atoms with Crippen LogP contribution < -0.4 is 0 Å². The quantitative estimate of drug-likeness (QED) is 0.395. The first-order chi connectivity index (χ1) is 13.9. The highest BCUT2D eigenvalue weighted by Gasteiger charge is 2.19. The fraction of sp³-hybridized carbons (Fsp3) is 0.607. The van der Waals surface area contributed by atoms with Crippen molar-refractivity contribution < 1.29 is 0 Å². The summed E-state index contributed by atoms with van der Waals surface area (Å²) in [6, 6.07) is 0. The molecule has 0 radical (unpaired) electrons. The molecule has 1 aliphatic heterocycles. The summed E-state index contributed by atoms with van der Waals surface area (Å²) in [6.07, 6.45) is 16.4. The van der Waals surface area contributed by atoms with Gasteiger partial charge in [-0.2, -0.15) is 0 Å². The summed E-state index contributed by atoms with van der Waals surface area (Å²) in [5, 5.41) is 0. The Morgan fingerprint density at radius 2 is 1.72 bits per heavy atom. The van der Waals surface area contributed by atoms with Gasteiger partial charge in [0.25, 0.3) is 0 Å². The summed E-state index contributed by atoms with van der Waals surface area (Å²) >= 11 is 0. The molecule has 0 bridgehead atoms. The monoisotopic (exact) mass is 393 g/mol. The highest BCUT2D eigenvalue weighted by molar-refractivity contribution is 5.87. The van der Waals surface area contributed by atoms with Gasteiger partial charge in [0.05, 0.1) is 0 Å². The van der Waals surface area contributed by atoms with Crippen LogP contribution in [0.2, 0.25) is 0 Å². The van der Waals surface area contributed by atoms with Gasteiger partial charge >= 0.3 is 0 Å². The van der Waals surface area contributed by atoms with Gasteiger partial charge in [-0.15, -0.1) is 0 Å². The van der Waals surface area contributed by atoms with Gasteiger partial charge in [-0.1, -0.05) is 45.4 Å². The highest BCUT2D eigenvalue weighted by Crippen LogP contribution is 2.33. The lowest BCUT2D eigenvalue weighted by atomic mass is 9.89. The van der Waals surface area contributed by atoms with Crippen LogP contribution in [0, 0.1) is 26.7 Å². The average molecular weight is 394 g/mol. The van der Waals surface area contributed by atoms with Crippen molar-refractivity contribution in [3.63, 3.8) is 0 Å². The maximum atomic E-state index is 4.35. The van der Waals surface area contributed by atoms with Crippen molar-refractivity contribution in [1.29, 1.82) is 0 Å². The van der Waals surface area contributed by atoms with Crippen molar-refractivity contribution >= 4 is 5.71 Å². The predicted molar refractivity (Wildman–Crippen MR) is 130 cm³/mol. The molecule has 1 heteroatoms. The van der Waals surface area contributed by atoms with E-state index in [-0.39, 0.29) is 0 Å². The average Bonchev–Trinajstić information content (AvgIpc) is 3.42. The zero-order chi connectivity index (χ0) is 21.4. The Hall–Kier alpha value is -1.63. The van der Waals surface area contributed by atoms with Gasteiger partial charge in [0.2, 0.25) is 0 Å². The molecular formula is C28H43N. The highest BCUT2D eigenvalue weighted by atomic mass is 14.7. The lowest BCUT2D eigenvalue weighted by molar-refractivity contribution is 0.471. The van der Waals surface area contributed by atoms with E-state index in [0.29, 0.717) is 0 Å². The van der Waals surface area contributed by atoms with Gasteiger partial charge in [0, 0.05) is 18.3 Å². The van der Waals surface area contributed by atoms with E-state index < -0.39 is 0 Å². The van der Waals surface area contributed by atoms with E-state index in [0.717, 1.165) is 18.8 Å². The molecule has 1 nitrogen and oxygen atoms in total. The molecule has 29 heavy (non-hydrogen) atoms. The van der Waals surface area contributed by atoms with Crippen LogP contribution in [0.1, 0.15) is 99.1 Å². The minimum absolute atomic E-state index is 0.806. The molecule has 1 atom stereocenters. The number of benzene rings is 1. The lowest BCUT2D eigenvalue weighted by Crippen LogP contribution is -2.04. The molecule has 160 valence electrons. The third kappa shape index (κ3) is 6.17. The molecule has 0 aromatic heterocycles. The summed E-state index contributed by atoms with van der Waals surface area (Å²) in [5.74, 6) is 0.806. The normalized spacial score (nSPS) is 15.6. The second-order valence-corrected chi connectivity index (χ2v) is 8.92. The Labute approximate surface area is 180 Å². The van der Waals surface area contributed by atoms with Crippen LogP contribution >= 0.6 is 0 Å². The Balaban J connectivity index is 0.000000207. The van der Waals surface area contributed by atoms with Crippen LogP contribution in [0.25, 0.3) is 0 Å². The largest absolute Gasteiger partial charge is 0.266 e. The number of hydrogen-bond donors (Lipinski definition) is 0. The van der Waals surface area contributed by atoms with Crippen molar-refractivity contribution in [1.82, 2.24) is 0 Å². The van der Waals surface area contributed by atoms with Crippen molar-refractivity contribution in [2.45, 2.75) is 106 Å². The fourth-order valence-electron chi connectivity index (χ4n) is 4.96. The molecule has 1 heterocycles. The first kappa shape index (κ1) is 23.6. The smallest absolute Gasteiger partial charge is 0.0231 e. The van der Waals surface area contributed by atoms with Crippen LogP contribution in [-0.4, -0.2) is 5.71 Å². The first-order valence-electron chi connectivity index (χ1n) is 11.9. The molecule has 0 saturated heterocycles. The SMILES string of the molecule is C=C(CC)CC(CC)CCC1=NC=CC1.CCc1c(C)c(C)c2c(c1C)CCC2. The van der Waals surface area contributed by atoms with E-state index in [1.807, 2.05) is 6.20 Å². The summed E-state index contributed by atoms with van der Waals surface area (Å²) in [4.78, 5) is 4.35. The third-order valence-electron chi connectivity index (χ3n) is 7.16. The molecule has 0 amide bonds. The molecule has 1 unspecified atom stereocenters. The fourth-order valence-corrected chi connectivity index (χ4v) is 4.96. The Morgan fingerprint density at radius 1 is 1.03 bits per heavy atom. The van der Waals surface area contributed by atoms with Gasteiger partial charge in [0.15, 0.2) is 0 Å². The molecule has 0 fully saturated rings. The first-order valence-corrected chi connectivity index (χ1v) is 11.9. The van der Waals surface area contributed by atoms with Crippen LogP contribution in [0.15, 0.2) is 29.4 Å². The maximum Gasteiger partial charge on any atom is 0.0231 e. The third-order valence-corrected chi connectivity index (χ3v) is 7.16. The van der Waals surface area contributed by atoms with Crippen molar-refractivity contribution in [2.24, 2.45) is 10.9 Å². The molecule has 1 aromatic carbocycles. The number of nitrogens with zero attached hydrogens (tertiary/aromatic N) is 1. The molecule has 1 aliphatic carbocycles. The van der Waals surface area contributed by atoms with Crippen LogP contribution in [0.4, 0.5) is 0 Å². The Bertz CT molecular complexity index is 757. The summed E-state index contributed by atoms with van der Waals surface area (Å²) in [7, 11) is 0. The van der Waals surface area contributed by atoms with E-state index in [2.05, 4.69) is 59.2 Å². The number of fused-ring (bicyclic) bond motifs is 1. The molecule has 3 rings (SSSR count). The van der Waals surface area contributed by atoms with Crippen molar-refractivity contribution in [2.75, 3.05) is 0 Å². The van der Waals surface area contributed by atoms with E-state index in [4.69, 9.17) is 0 Å². The molecular weight excluding hydrogens is 350 g/mol. The number of aliphatic imine (C=N–C) groups is 1. The van der Waals surface area contributed by atoms with Gasteiger partial charge in [-0.3, -0.25) is 4.99 Å². The van der Waals surface area contributed by atoms with Crippen LogP contribution in [0.3, 0.4) is 0 Å². The Morgan fingerprint density at radius 3 is 2.28 bits per heavy atom. The van der Waals surface area contributed by atoms with Crippen molar-refractivity contribution in [3.8, 4) is 0 Å². The number of rotatable bonds is 8. The van der Waals surface area contributed by atoms with Gasteiger partial charge in [0.1, 0.15) is 0 Å². The van der Waals surface area contributed by atoms with E-state index in [1.54, 1.807) is 33.4 Å². The summed E-state index contributed by atoms with van der Waals surface area (Å²) < 4.78 is 0. The van der Waals surface area contributed by atoms with Crippen LogP contribution in [-0.2, 0) is 19.3 Å². The van der Waals surface area contributed by atoms with E-state index in [1.165, 1.54) is 62.7 Å². The van der Waals surface area contributed by atoms with Crippen molar-refractivity contribution in [3.05, 3.63) is 57.8 Å². The minimum atomic E-state index is 0.806. The number of hydrogen-bond acceptors (Lipinski definition) is 1. The molecule has 0 N–H and O–H groups in total. The zero-order valence-corrected chi connectivity index (χ0v) is 20.0. The van der Waals surface area contributed by atoms with E-state index >= 15 is 0 Å². The lowest BCUT2D eigenvalue weighted by Gasteiger charge is -2.17. The van der Waals surface area contributed by atoms with Gasteiger partial charge in [-0.05, 0) is 111 Å². The second-order valence-electron chi connectivity index (χ2n) is 8.92. The summed E-state index contributed by atoms with van der Waals surface area (Å²) in [6.45, 7) is 17.8. The minimum Gasteiger partial charge on any atom is -0.266 e. The number of allylic oxidation sites excluding steroid dienone is 2. The van der Waals surface area contributed by atoms with Gasteiger partial charge < -0.3 is 0 Å². The second kappa shape index (κ2) is 11.5. The molecule has 2 aliphatic rings. The summed E-state index contributed by atoms with van der Waals surface area (Å²) in [5.41, 5.74) is 12.4. The van der Waals surface area contributed by atoms with Gasteiger partial charge in [-0.25, -0.2) is 0 Å². The molecule has 0 saturated carbocycles. The zero-order valence-electron chi connectivity index (χ0n) is 20.0. The predicted octanol–water partition coefficient (Wildman–Crippen LogP) is 8.17. The molecule has 0 spiro atoms. The topological polar surface area (TPSA) is 12.4 Å². The maximum absolute atomic E-state index is 4.35. The Kier molecular flexibility index (Phi) is 9.40. The van der Waals surface area contributed by atoms with E-state index in [9.17, 15) is 0 Å². The standard InChI is InChI=1S/C14H23N.C14H20/c1-4-12(3)11-13(5-2)8-9-14-7-6-10-15-14;1-5-12-9(2)10(3)13-7-6-8-14(13)11(12)4/h6,10,13H,3-5,7-9,11H2,1-2H3;5-8H2,1-4H3. The molecule has 1 aromatic rings.